The molecule has 0 saturated carbocycles. The van der Waals surface area contributed by atoms with Crippen LogP contribution in [0.2, 0.25) is 0 Å². The van der Waals surface area contributed by atoms with Gasteiger partial charge in [0.25, 0.3) is 0 Å². The van der Waals surface area contributed by atoms with Gasteiger partial charge in [-0.15, -0.1) is 11.3 Å². The van der Waals surface area contributed by atoms with Crippen LogP contribution in [0.25, 0.3) is 0 Å². The summed E-state index contributed by atoms with van der Waals surface area (Å²) in [7, 11) is -2.90. The highest BCUT2D eigenvalue weighted by Gasteiger charge is 2.22. The second-order valence-electron chi connectivity index (χ2n) is 3.58. The Balaban J connectivity index is 2.28. The van der Waals surface area contributed by atoms with E-state index in [2.05, 4.69) is 27.3 Å². The molecule has 0 atom stereocenters. The van der Waals surface area contributed by atoms with Crippen LogP contribution in [-0.2, 0) is 20.2 Å². The summed E-state index contributed by atoms with van der Waals surface area (Å²) in [4.78, 5) is 1.24. The Morgan fingerprint density at radius 2 is 2.06 bits per heavy atom. The van der Waals surface area contributed by atoms with E-state index < -0.39 is 7.60 Å². The second kappa shape index (κ2) is 8.46. The van der Waals surface area contributed by atoms with E-state index in [-0.39, 0.29) is 0 Å². The van der Waals surface area contributed by atoms with E-state index >= 15 is 0 Å². The van der Waals surface area contributed by atoms with Gasteiger partial charge in [0.1, 0.15) is 0 Å². The number of hydrogen-bond acceptors (Lipinski definition) is 5. The number of rotatable bonds is 9. The number of nitrogens with one attached hydrogen (secondary N) is 1. The summed E-state index contributed by atoms with van der Waals surface area (Å²) in [6, 6.07) is 2.07. The lowest BCUT2D eigenvalue weighted by molar-refractivity contribution is 0.220. The molecule has 104 valence electrons. The van der Waals surface area contributed by atoms with E-state index in [0.29, 0.717) is 25.9 Å². The molecule has 0 aliphatic heterocycles. The number of hydrogen-bond donors (Lipinski definition) is 1. The van der Waals surface area contributed by atoms with Crippen LogP contribution in [0.1, 0.15) is 18.7 Å². The highest BCUT2D eigenvalue weighted by atomic mass is 79.9. The van der Waals surface area contributed by atoms with E-state index in [4.69, 9.17) is 9.05 Å². The zero-order chi connectivity index (χ0) is 13.4. The van der Waals surface area contributed by atoms with Gasteiger partial charge in [-0.25, -0.2) is 0 Å². The predicted molar refractivity (Wildman–Crippen MR) is 79.5 cm³/mol. The third-order valence-electron chi connectivity index (χ3n) is 2.14. The highest BCUT2D eigenvalue weighted by Crippen LogP contribution is 2.47. The van der Waals surface area contributed by atoms with Crippen molar-refractivity contribution in [2.24, 2.45) is 0 Å². The van der Waals surface area contributed by atoms with Crippen molar-refractivity contribution in [3.63, 3.8) is 0 Å². The quantitative estimate of drug-likeness (QED) is 0.539. The monoisotopic (exact) mass is 355 g/mol. The molecule has 7 heteroatoms. The molecule has 0 bridgehead atoms. The van der Waals surface area contributed by atoms with Crippen molar-refractivity contribution in [2.75, 3.05) is 25.9 Å². The van der Waals surface area contributed by atoms with E-state index in [1.807, 2.05) is 19.2 Å². The maximum atomic E-state index is 12.1. The molecule has 0 aliphatic carbocycles. The summed E-state index contributed by atoms with van der Waals surface area (Å²) in [5.74, 6) is 0. The van der Waals surface area contributed by atoms with Gasteiger partial charge in [0, 0.05) is 27.8 Å². The molecule has 1 aromatic rings. The molecule has 0 amide bonds. The van der Waals surface area contributed by atoms with Crippen LogP contribution in [0.4, 0.5) is 0 Å². The lowest BCUT2D eigenvalue weighted by Crippen LogP contribution is -2.18. The van der Waals surface area contributed by atoms with E-state index in [1.54, 1.807) is 11.3 Å². The Kier molecular flexibility index (Phi) is 7.68. The van der Waals surface area contributed by atoms with Crippen LogP contribution < -0.4 is 5.32 Å². The van der Waals surface area contributed by atoms with Crippen LogP contribution in [0.3, 0.4) is 0 Å². The zero-order valence-electron chi connectivity index (χ0n) is 10.6. The third-order valence-corrected chi connectivity index (χ3v) is 5.91. The fourth-order valence-electron chi connectivity index (χ4n) is 1.43. The molecule has 0 aromatic carbocycles. The third kappa shape index (κ3) is 5.95. The summed E-state index contributed by atoms with van der Waals surface area (Å²) in [5, 5.41) is 5.29. The largest absolute Gasteiger partial charge is 0.331 e. The zero-order valence-corrected chi connectivity index (χ0v) is 13.9. The summed E-state index contributed by atoms with van der Waals surface area (Å²) < 4.78 is 23.7. The molecule has 1 N–H and O–H groups in total. The van der Waals surface area contributed by atoms with Gasteiger partial charge in [0.15, 0.2) is 0 Å². The van der Waals surface area contributed by atoms with Crippen molar-refractivity contribution >= 4 is 34.9 Å². The van der Waals surface area contributed by atoms with Gasteiger partial charge >= 0.3 is 7.60 Å². The molecule has 1 aromatic heterocycles. The standard InChI is InChI=1S/C11H19BrNO3PS/c1-3-15-17(14,16-4-2)6-5-13-8-11-7-10(12)9-18-11/h7,9,13H,3-6,8H2,1-2H3. The smallest absolute Gasteiger partial charge is 0.311 e. The van der Waals surface area contributed by atoms with Crippen LogP contribution in [0.5, 0.6) is 0 Å². The maximum Gasteiger partial charge on any atom is 0.331 e. The first-order chi connectivity index (χ1) is 8.59. The Morgan fingerprint density at radius 1 is 1.39 bits per heavy atom. The van der Waals surface area contributed by atoms with Gasteiger partial charge in [0.05, 0.1) is 19.4 Å². The summed E-state index contributed by atoms with van der Waals surface area (Å²) in [6.07, 6.45) is 0.404. The van der Waals surface area contributed by atoms with Gasteiger partial charge < -0.3 is 14.4 Å². The van der Waals surface area contributed by atoms with Gasteiger partial charge in [-0.3, -0.25) is 4.57 Å². The highest BCUT2D eigenvalue weighted by molar-refractivity contribution is 9.10. The Bertz CT molecular complexity index is 389. The first kappa shape index (κ1) is 16.3. The molecular formula is C11H19BrNO3PS. The molecule has 0 spiro atoms. The van der Waals surface area contributed by atoms with Crippen LogP contribution in [0.15, 0.2) is 15.9 Å². The molecule has 0 fully saturated rings. The fourth-order valence-corrected chi connectivity index (χ4v) is 4.41. The summed E-state index contributed by atoms with van der Waals surface area (Å²) in [6.45, 7) is 5.86. The van der Waals surface area contributed by atoms with Gasteiger partial charge in [-0.05, 0) is 35.8 Å². The predicted octanol–water partition coefficient (Wildman–Crippen LogP) is 3.87. The molecule has 0 saturated heterocycles. The van der Waals surface area contributed by atoms with E-state index in [1.165, 1.54) is 4.88 Å². The topological polar surface area (TPSA) is 47.6 Å². The average molecular weight is 356 g/mol. The van der Waals surface area contributed by atoms with Crippen molar-refractivity contribution in [3.8, 4) is 0 Å². The lowest BCUT2D eigenvalue weighted by Gasteiger charge is -2.16. The van der Waals surface area contributed by atoms with Crippen LogP contribution in [0, 0.1) is 0 Å². The summed E-state index contributed by atoms with van der Waals surface area (Å²) in [5.41, 5.74) is 0. The van der Waals surface area contributed by atoms with Gasteiger partial charge in [-0.1, -0.05) is 0 Å². The molecule has 0 unspecified atom stereocenters. The lowest BCUT2D eigenvalue weighted by atomic mass is 10.4. The maximum absolute atomic E-state index is 12.1. The fraction of sp³-hybridized carbons (Fsp3) is 0.636. The number of thiophene rings is 1. The average Bonchev–Trinajstić information content (AvgIpc) is 2.71. The van der Waals surface area contributed by atoms with E-state index in [9.17, 15) is 4.57 Å². The number of halogens is 1. The summed E-state index contributed by atoms with van der Waals surface area (Å²) >= 11 is 5.10. The molecule has 0 aliphatic rings. The first-order valence-corrected chi connectivity index (χ1v) is 9.31. The minimum Gasteiger partial charge on any atom is -0.311 e. The van der Waals surface area contributed by atoms with Crippen molar-refractivity contribution in [1.82, 2.24) is 5.32 Å². The molecule has 18 heavy (non-hydrogen) atoms. The first-order valence-electron chi connectivity index (χ1n) is 5.91. The van der Waals surface area contributed by atoms with Gasteiger partial charge in [-0.2, -0.15) is 0 Å². The molecule has 1 heterocycles. The van der Waals surface area contributed by atoms with Crippen molar-refractivity contribution < 1.29 is 13.6 Å². The van der Waals surface area contributed by atoms with Crippen LogP contribution >= 0.6 is 34.9 Å². The normalized spacial score (nSPS) is 11.9. The molecule has 4 nitrogen and oxygen atoms in total. The van der Waals surface area contributed by atoms with Crippen molar-refractivity contribution in [3.05, 3.63) is 20.8 Å². The van der Waals surface area contributed by atoms with Crippen LogP contribution in [-0.4, -0.2) is 25.9 Å². The second-order valence-corrected chi connectivity index (χ2v) is 7.67. The van der Waals surface area contributed by atoms with E-state index in [0.717, 1.165) is 11.0 Å². The molecule has 1 rings (SSSR count). The van der Waals surface area contributed by atoms with Crippen molar-refractivity contribution in [2.45, 2.75) is 20.4 Å². The SMILES string of the molecule is CCOP(=O)(CCNCc1cc(Br)cs1)OCC. The Labute approximate surface area is 121 Å². The Morgan fingerprint density at radius 3 is 2.56 bits per heavy atom. The minimum absolute atomic E-state index is 0.404. The Hall–Kier alpha value is 0.290. The van der Waals surface area contributed by atoms with Crippen molar-refractivity contribution in [1.29, 1.82) is 0 Å². The molecular weight excluding hydrogens is 337 g/mol. The van der Waals surface area contributed by atoms with Gasteiger partial charge in [0.2, 0.25) is 0 Å². The molecule has 0 radical (unpaired) electrons. The minimum atomic E-state index is -2.90.